The molecular weight excluding hydrogens is 264 g/mol. The molecule has 0 saturated heterocycles. The first-order valence-electron chi connectivity index (χ1n) is 8.27. The van der Waals surface area contributed by atoms with Crippen LogP contribution in [0.1, 0.15) is 61.8 Å². The van der Waals surface area contributed by atoms with Gasteiger partial charge >= 0.3 is 6.09 Å². The number of nitrogens with one attached hydrogen (secondary N) is 2. The van der Waals surface area contributed by atoms with Gasteiger partial charge in [0.05, 0.1) is 0 Å². The Morgan fingerprint density at radius 2 is 1.67 bits per heavy atom. The van der Waals surface area contributed by atoms with Crippen LogP contribution in [-0.2, 0) is 4.74 Å². The molecule has 21 heavy (non-hydrogen) atoms. The van der Waals surface area contributed by atoms with E-state index in [1.807, 2.05) is 20.8 Å². The van der Waals surface area contributed by atoms with Gasteiger partial charge in [0.25, 0.3) is 0 Å². The Kier molecular flexibility index (Phi) is 8.95. The van der Waals surface area contributed by atoms with Gasteiger partial charge in [0.1, 0.15) is 5.60 Å². The number of hydrogen-bond acceptors (Lipinski definition) is 3. The molecule has 0 radical (unpaired) electrons. The van der Waals surface area contributed by atoms with Crippen LogP contribution in [-0.4, -0.2) is 30.8 Å². The van der Waals surface area contributed by atoms with Gasteiger partial charge in [-0.15, -0.1) is 0 Å². The van der Waals surface area contributed by atoms with E-state index in [0.717, 1.165) is 6.54 Å². The summed E-state index contributed by atoms with van der Waals surface area (Å²) >= 11 is 0. The van der Waals surface area contributed by atoms with Gasteiger partial charge in [-0.05, 0) is 45.4 Å². The molecule has 0 saturated carbocycles. The molecule has 3 atom stereocenters. The van der Waals surface area contributed by atoms with Crippen LogP contribution in [0.4, 0.5) is 4.79 Å². The number of rotatable bonds is 8. The van der Waals surface area contributed by atoms with Crippen LogP contribution >= 0.6 is 0 Å². The summed E-state index contributed by atoms with van der Waals surface area (Å²) in [5.74, 6) is 1.58. The average Bonchev–Trinajstić information content (AvgIpc) is 2.34. The van der Waals surface area contributed by atoms with Crippen LogP contribution in [0.2, 0.25) is 0 Å². The Labute approximate surface area is 131 Å². The van der Waals surface area contributed by atoms with Gasteiger partial charge in [0.15, 0.2) is 0 Å². The number of amides is 1. The zero-order valence-electron chi connectivity index (χ0n) is 15.2. The van der Waals surface area contributed by atoms with Gasteiger partial charge in [0.2, 0.25) is 0 Å². The van der Waals surface area contributed by atoms with Crippen LogP contribution in [0.15, 0.2) is 0 Å². The zero-order valence-corrected chi connectivity index (χ0v) is 15.2. The highest BCUT2D eigenvalue weighted by atomic mass is 16.6. The molecule has 0 aromatic heterocycles. The lowest BCUT2D eigenvalue weighted by molar-refractivity contribution is 0.0514. The maximum absolute atomic E-state index is 11.7. The van der Waals surface area contributed by atoms with E-state index in [9.17, 15) is 4.79 Å². The van der Waals surface area contributed by atoms with Crippen LogP contribution in [0.3, 0.4) is 0 Å². The lowest BCUT2D eigenvalue weighted by Gasteiger charge is -2.27. The Hall–Kier alpha value is -0.770. The topological polar surface area (TPSA) is 50.4 Å². The fourth-order valence-electron chi connectivity index (χ4n) is 1.96. The first kappa shape index (κ1) is 20.2. The molecule has 126 valence electrons. The highest BCUT2D eigenvalue weighted by Gasteiger charge is 2.20. The van der Waals surface area contributed by atoms with Gasteiger partial charge in [0, 0.05) is 19.1 Å². The van der Waals surface area contributed by atoms with Gasteiger partial charge < -0.3 is 15.4 Å². The number of hydrogen-bond donors (Lipinski definition) is 2. The molecule has 0 fully saturated rings. The molecule has 3 unspecified atom stereocenters. The number of carbonyl (C=O) groups excluding carboxylic acids is 1. The van der Waals surface area contributed by atoms with Crippen LogP contribution in [0.25, 0.3) is 0 Å². The number of carbonyl (C=O) groups is 1. The molecule has 0 rings (SSSR count). The largest absolute Gasteiger partial charge is 0.444 e. The predicted molar refractivity (Wildman–Crippen MR) is 89.5 cm³/mol. The summed E-state index contributed by atoms with van der Waals surface area (Å²) in [4.78, 5) is 11.7. The van der Waals surface area contributed by atoms with Crippen molar-refractivity contribution in [1.29, 1.82) is 0 Å². The molecule has 0 aliphatic carbocycles. The standard InChI is InChI=1S/C17H36N2O2/c1-9-13(4)14(5)18-10-15(12(2)3)11-19-16(20)21-17(6,7)8/h12-15,18H,9-11H2,1-8H3,(H,19,20). The molecule has 0 aliphatic rings. The van der Waals surface area contributed by atoms with E-state index in [0.29, 0.717) is 30.3 Å². The van der Waals surface area contributed by atoms with Crippen molar-refractivity contribution in [3.63, 3.8) is 0 Å². The normalized spacial score (nSPS) is 16.4. The maximum atomic E-state index is 11.7. The zero-order chi connectivity index (χ0) is 16.6. The first-order valence-corrected chi connectivity index (χ1v) is 8.27. The summed E-state index contributed by atoms with van der Waals surface area (Å²) in [6.45, 7) is 18.3. The van der Waals surface area contributed by atoms with E-state index in [1.54, 1.807) is 0 Å². The van der Waals surface area contributed by atoms with Crippen LogP contribution < -0.4 is 10.6 Å². The minimum Gasteiger partial charge on any atom is -0.444 e. The van der Waals surface area contributed by atoms with Crippen molar-refractivity contribution in [3.8, 4) is 0 Å². The lowest BCUT2D eigenvalue weighted by Crippen LogP contribution is -2.42. The molecular formula is C17H36N2O2. The minimum absolute atomic E-state index is 0.330. The second-order valence-corrected chi connectivity index (χ2v) is 7.47. The second-order valence-electron chi connectivity index (χ2n) is 7.47. The maximum Gasteiger partial charge on any atom is 0.407 e. The van der Waals surface area contributed by atoms with Crippen molar-refractivity contribution in [2.45, 2.75) is 73.5 Å². The van der Waals surface area contributed by atoms with Gasteiger partial charge in [-0.3, -0.25) is 0 Å². The third kappa shape index (κ3) is 9.72. The molecule has 4 nitrogen and oxygen atoms in total. The Morgan fingerprint density at radius 3 is 2.10 bits per heavy atom. The predicted octanol–water partition coefficient (Wildman–Crippen LogP) is 3.81. The van der Waals surface area contributed by atoms with Crippen LogP contribution in [0.5, 0.6) is 0 Å². The van der Waals surface area contributed by atoms with E-state index in [4.69, 9.17) is 4.74 Å². The third-order valence-corrected chi connectivity index (χ3v) is 4.05. The number of ether oxygens (including phenoxy) is 1. The molecule has 4 heteroatoms. The fraction of sp³-hybridized carbons (Fsp3) is 0.941. The Balaban J connectivity index is 4.23. The molecule has 0 spiro atoms. The summed E-state index contributed by atoms with van der Waals surface area (Å²) in [6, 6.07) is 0.498. The highest BCUT2D eigenvalue weighted by molar-refractivity contribution is 5.67. The second kappa shape index (κ2) is 9.29. The van der Waals surface area contributed by atoms with Crippen molar-refractivity contribution >= 4 is 6.09 Å². The summed E-state index contributed by atoms with van der Waals surface area (Å²) in [5.41, 5.74) is -0.444. The van der Waals surface area contributed by atoms with E-state index in [-0.39, 0.29) is 6.09 Å². The summed E-state index contributed by atoms with van der Waals surface area (Å²) in [5, 5.41) is 6.48. The SMILES string of the molecule is CCC(C)C(C)NCC(CNC(=O)OC(C)(C)C)C(C)C. The molecule has 1 amide bonds. The third-order valence-electron chi connectivity index (χ3n) is 4.05. The Bertz CT molecular complexity index is 298. The smallest absolute Gasteiger partial charge is 0.407 e. The first-order chi connectivity index (χ1) is 9.56. The van der Waals surface area contributed by atoms with Crippen molar-refractivity contribution in [1.82, 2.24) is 10.6 Å². The molecule has 0 heterocycles. The van der Waals surface area contributed by atoms with Gasteiger partial charge in [-0.2, -0.15) is 0 Å². The molecule has 0 aromatic rings. The van der Waals surface area contributed by atoms with Gasteiger partial charge in [-0.25, -0.2) is 4.79 Å². The van der Waals surface area contributed by atoms with E-state index >= 15 is 0 Å². The van der Waals surface area contributed by atoms with Crippen molar-refractivity contribution in [2.75, 3.05) is 13.1 Å². The molecule has 0 bridgehead atoms. The molecule has 0 aromatic carbocycles. The van der Waals surface area contributed by atoms with Crippen molar-refractivity contribution in [2.24, 2.45) is 17.8 Å². The Morgan fingerprint density at radius 1 is 1.10 bits per heavy atom. The minimum atomic E-state index is -0.444. The molecule has 2 N–H and O–H groups in total. The summed E-state index contributed by atoms with van der Waals surface area (Å²) in [6.07, 6.45) is 0.847. The van der Waals surface area contributed by atoms with Crippen molar-refractivity contribution in [3.05, 3.63) is 0 Å². The quantitative estimate of drug-likeness (QED) is 0.716. The summed E-state index contributed by atoms with van der Waals surface area (Å²) in [7, 11) is 0. The summed E-state index contributed by atoms with van der Waals surface area (Å²) < 4.78 is 5.28. The number of alkyl carbamates (subject to hydrolysis) is 1. The monoisotopic (exact) mass is 300 g/mol. The van der Waals surface area contributed by atoms with Crippen LogP contribution in [0, 0.1) is 17.8 Å². The fourth-order valence-corrected chi connectivity index (χ4v) is 1.96. The average molecular weight is 300 g/mol. The molecule has 0 aliphatic heterocycles. The van der Waals surface area contributed by atoms with E-state index < -0.39 is 5.60 Å². The highest BCUT2D eigenvalue weighted by Crippen LogP contribution is 2.12. The lowest BCUT2D eigenvalue weighted by atomic mass is 9.94. The van der Waals surface area contributed by atoms with Gasteiger partial charge in [-0.1, -0.05) is 34.1 Å². The van der Waals surface area contributed by atoms with E-state index in [2.05, 4.69) is 45.3 Å². The van der Waals surface area contributed by atoms with E-state index in [1.165, 1.54) is 6.42 Å². The van der Waals surface area contributed by atoms with Crippen molar-refractivity contribution < 1.29 is 9.53 Å².